The van der Waals surface area contributed by atoms with Gasteiger partial charge in [-0.05, 0) is 37.2 Å². The Morgan fingerprint density at radius 1 is 1.29 bits per heavy atom. The molecule has 0 bridgehead atoms. The number of aliphatic hydroxyl groups excluding tert-OH is 1. The molecular formula is C16H24O. The second-order valence-corrected chi connectivity index (χ2v) is 5.63. The highest BCUT2D eigenvalue weighted by atomic mass is 16.3. The third kappa shape index (κ3) is 3.85. The van der Waals surface area contributed by atoms with E-state index in [2.05, 4.69) is 31.2 Å². The lowest BCUT2D eigenvalue weighted by atomic mass is 9.89. The molecular weight excluding hydrogens is 208 g/mol. The van der Waals surface area contributed by atoms with Gasteiger partial charge in [-0.15, -0.1) is 0 Å². The van der Waals surface area contributed by atoms with Gasteiger partial charge in [0.05, 0.1) is 0 Å². The van der Waals surface area contributed by atoms with E-state index in [0.29, 0.717) is 12.5 Å². The largest absolute Gasteiger partial charge is 0.396 e. The molecule has 1 unspecified atom stereocenters. The third-order valence-electron chi connectivity index (χ3n) is 4.01. The quantitative estimate of drug-likeness (QED) is 0.820. The molecule has 0 amide bonds. The Morgan fingerprint density at radius 3 is 2.71 bits per heavy atom. The summed E-state index contributed by atoms with van der Waals surface area (Å²) in [6, 6.07) is 8.69. The zero-order chi connectivity index (χ0) is 12.1. The lowest BCUT2D eigenvalue weighted by Crippen LogP contribution is -2.13. The minimum absolute atomic E-state index is 0.338. The van der Waals surface area contributed by atoms with Crippen molar-refractivity contribution >= 4 is 0 Å². The Kier molecular flexibility index (Phi) is 4.61. The molecule has 1 atom stereocenters. The number of aliphatic hydroxyl groups is 1. The number of hydrogen-bond acceptors (Lipinski definition) is 1. The van der Waals surface area contributed by atoms with Crippen LogP contribution < -0.4 is 0 Å². The molecule has 1 aliphatic rings. The van der Waals surface area contributed by atoms with Gasteiger partial charge in [0.25, 0.3) is 0 Å². The first-order valence-corrected chi connectivity index (χ1v) is 6.94. The van der Waals surface area contributed by atoms with Gasteiger partial charge in [-0.3, -0.25) is 0 Å². The van der Waals surface area contributed by atoms with Crippen molar-refractivity contribution < 1.29 is 5.11 Å². The van der Waals surface area contributed by atoms with Crippen LogP contribution in [0.5, 0.6) is 0 Å². The molecule has 1 aromatic rings. The van der Waals surface area contributed by atoms with Crippen molar-refractivity contribution in [2.75, 3.05) is 6.61 Å². The van der Waals surface area contributed by atoms with Crippen LogP contribution in [0.4, 0.5) is 0 Å². The molecule has 1 heteroatoms. The van der Waals surface area contributed by atoms with Crippen molar-refractivity contribution in [3.8, 4) is 0 Å². The first-order chi connectivity index (χ1) is 8.28. The summed E-state index contributed by atoms with van der Waals surface area (Å²) in [5.41, 5.74) is 2.70. The summed E-state index contributed by atoms with van der Waals surface area (Å²) in [6.45, 7) is 2.47. The topological polar surface area (TPSA) is 20.2 Å². The average molecular weight is 232 g/mol. The molecule has 1 saturated carbocycles. The summed E-state index contributed by atoms with van der Waals surface area (Å²) < 4.78 is 0. The molecule has 94 valence electrons. The molecule has 1 nitrogen and oxygen atoms in total. The summed E-state index contributed by atoms with van der Waals surface area (Å²) >= 11 is 0. The molecule has 0 saturated heterocycles. The van der Waals surface area contributed by atoms with Gasteiger partial charge in [0.2, 0.25) is 0 Å². The molecule has 0 aliphatic heterocycles. The molecule has 1 aromatic carbocycles. The average Bonchev–Trinajstić information content (AvgIpc) is 2.81. The van der Waals surface area contributed by atoms with Crippen LogP contribution >= 0.6 is 0 Å². The minimum Gasteiger partial charge on any atom is -0.396 e. The lowest BCUT2D eigenvalue weighted by Gasteiger charge is -2.18. The van der Waals surface area contributed by atoms with Crippen LogP contribution in [0.25, 0.3) is 0 Å². The molecule has 0 radical (unpaired) electrons. The summed E-state index contributed by atoms with van der Waals surface area (Å²) in [4.78, 5) is 0. The maximum atomic E-state index is 9.52. The highest BCUT2D eigenvalue weighted by molar-refractivity contribution is 5.22. The Morgan fingerprint density at radius 2 is 2.06 bits per heavy atom. The predicted molar refractivity (Wildman–Crippen MR) is 72.0 cm³/mol. The van der Waals surface area contributed by atoms with Crippen molar-refractivity contribution in [2.24, 2.45) is 11.8 Å². The minimum atomic E-state index is 0.338. The standard InChI is InChI=1S/C16H24O/c1-13-5-4-8-15(9-13)11-16(12-17)10-14-6-2-3-7-14/h4-5,8-9,14,16-17H,2-3,6-7,10-12H2,1H3. The fourth-order valence-electron chi connectivity index (χ4n) is 3.11. The van der Waals surface area contributed by atoms with Gasteiger partial charge < -0.3 is 5.11 Å². The molecule has 1 fully saturated rings. The van der Waals surface area contributed by atoms with E-state index >= 15 is 0 Å². The van der Waals surface area contributed by atoms with Crippen LogP contribution in [0, 0.1) is 18.8 Å². The highest BCUT2D eigenvalue weighted by Crippen LogP contribution is 2.31. The molecule has 1 aliphatic carbocycles. The van der Waals surface area contributed by atoms with Crippen molar-refractivity contribution in [3.63, 3.8) is 0 Å². The number of hydrogen-bond donors (Lipinski definition) is 1. The van der Waals surface area contributed by atoms with Gasteiger partial charge in [0.1, 0.15) is 0 Å². The maximum absolute atomic E-state index is 9.52. The van der Waals surface area contributed by atoms with Gasteiger partial charge in [0.15, 0.2) is 0 Å². The van der Waals surface area contributed by atoms with Gasteiger partial charge in [-0.25, -0.2) is 0 Å². The molecule has 0 aromatic heterocycles. The van der Waals surface area contributed by atoms with Crippen molar-refractivity contribution in [1.29, 1.82) is 0 Å². The molecule has 2 rings (SSSR count). The van der Waals surface area contributed by atoms with Crippen molar-refractivity contribution in [1.82, 2.24) is 0 Å². The second kappa shape index (κ2) is 6.20. The zero-order valence-corrected chi connectivity index (χ0v) is 10.9. The van der Waals surface area contributed by atoms with E-state index in [4.69, 9.17) is 0 Å². The van der Waals surface area contributed by atoms with Gasteiger partial charge in [-0.2, -0.15) is 0 Å². The smallest absolute Gasteiger partial charge is 0.0462 e. The Labute approximate surface area is 105 Å². The summed E-state index contributed by atoms with van der Waals surface area (Å²) in [7, 11) is 0. The van der Waals surface area contributed by atoms with Crippen molar-refractivity contribution in [2.45, 2.75) is 45.4 Å². The zero-order valence-electron chi connectivity index (χ0n) is 10.9. The van der Waals surface area contributed by atoms with E-state index in [1.165, 1.54) is 43.2 Å². The van der Waals surface area contributed by atoms with E-state index in [0.717, 1.165) is 12.3 Å². The summed E-state index contributed by atoms with van der Waals surface area (Å²) in [5, 5.41) is 9.52. The SMILES string of the molecule is Cc1cccc(CC(CO)CC2CCCC2)c1. The second-order valence-electron chi connectivity index (χ2n) is 5.63. The first-order valence-electron chi connectivity index (χ1n) is 6.94. The van der Waals surface area contributed by atoms with E-state index in [-0.39, 0.29) is 0 Å². The fourth-order valence-corrected chi connectivity index (χ4v) is 3.11. The molecule has 0 heterocycles. The highest BCUT2D eigenvalue weighted by Gasteiger charge is 2.19. The van der Waals surface area contributed by atoms with Crippen molar-refractivity contribution in [3.05, 3.63) is 35.4 Å². The van der Waals surface area contributed by atoms with Gasteiger partial charge >= 0.3 is 0 Å². The van der Waals surface area contributed by atoms with Gasteiger partial charge in [-0.1, -0.05) is 55.5 Å². The Bertz CT molecular complexity index is 339. The monoisotopic (exact) mass is 232 g/mol. The lowest BCUT2D eigenvalue weighted by molar-refractivity contribution is 0.200. The van der Waals surface area contributed by atoms with E-state index in [1.54, 1.807) is 0 Å². The molecule has 0 spiro atoms. The van der Waals surface area contributed by atoms with E-state index in [1.807, 2.05) is 0 Å². The van der Waals surface area contributed by atoms with Crippen LogP contribution in [0.15, 0.2) is 24.3 Å². The Balaban J connectivity index is 1.90. The van der Waals surface area contributed by atoms with Crippen LogP contribution in [0.3, 0.4) is 0 Å². The van der Waals surface area contributed by atoms with Gasteiger partial charge in [0, 0.05) is 6.61 Å². The normalized spacial score (nSPS) is 18.5. The summed E-state index contributed by atoms with van der Waals surface area (Å²) in [5.74, 6) is 1.33. The van der Waals surface area contributed by atoms with E-state index < -0.39 is 0 Å². The number of rotatable bonds is 5. The molecule has 17 heavy (non-hydrogen) atoms. The van der Waals surface area contributed by atoms with Crippen LogP contribution in [0.1, 0.15) is 43.2 Å². The Hall–Kier alpha value is -0.820. The molecule has 1 N–H and O–H groups in total. The van der Waals surface area contributed by atoms with E-state index in [9.17, 15) is 5.11 Å². The first kappa shape index (κ1) is 12.6. The number of aryl methyl sites for hydroxylation is 1. The van der Waals surface area contributed by atoms with Crippen LogP contribution in [-0.2, 0) is 6.42 Å². The summed E-state index contributed by atoms with van der Waals surface area (Å²) in [6.07, 6.45) is 7.80. The predicted octanol–water partition coefficient (Wildman–Crippen LogP) is 3.73. The fraction of sp³-hybridized carbons (Fsp3) is 0.625. The maximum Gasteiger partial charge on any atom is 0.0462 e. The van der Waals surface area contributed by atoms with Crippen LogP contribution in [0.2, 0.25) is 0 Å². The third-order valence-corrected chi connectivity index (χ3v) is 4.01. The number of benzene rings is 1. The van der Waals surface area contributed by atoms with Crippen LogP contribution in [-0.4, -0.2) is 11.7 Å².